The summed E-state index contributed by atoms with van der Waals surface area (Å²) in [6.07, 6.45) is 4.93. The van der Waals surface area contributed by atoms with Crippen LogP contribution >= 0.6 is 0 Å². The van der Waals surface area contributed by atoms with Crippen molar-refractivity contribution in [2.24, 2.45) is 0 Å². The molecule has 1 aliphatic carbocycles. The third-order valence-corrected chi connectivity index (χ3v) is 1.99. The van der Waals surface area contributed by atoms with Crippen molar-refractivity contribution in [3.05, 3.63) is 17.6 Å². The minimum absolute atomic E-state index is 0.138. The molecule has 0 unspecified atom stereocenters. The Morgan fingerprint density at radius 1 is 1.64 bits per heavy atom. The molecule has 0 atom stereocenters. The summed E-state index contributed by atoms with van der Waals surface area (Å²) in [4.78, 5) is 7.80. The molecule has 1 aromatic heterocycles. The summed E-state index contributed by atoms with van der Waals surface area (Å²) >= 11 is 0. The largest absolute Gasteiger partial charge is 0.367 e. The Labute approximate surface area is 81.3 Å². The molecule has 1 heterocycles. The van der Waals surface area contributed by atoms with Gasteiger partial charge in [0.25, 0.3) is 0 Å². The number of hydrogen-bond donors (Lipinski definition) is 2. The van der Waals surface area contributed by atoms with Gasteiger partial charge in [-0.25, -0.2) is 9.97 Å². The van der Waals surface area contributed by atoms with Gasteiger partial charge < -0.3 is 10.7 Å². The summed E-state index contributed by atoms with van der Waals surface area (Å²) in [5.74, 6) is 0.729. The zero-order valence-electron chi connectivity index (χ0n) is 7.49. The Hall–Kier alpha value is -1.96. The van der Waals surface area contributed by atoms with Crippen LogP contribution in [0.5, 0.6) is 0 Å². The molecule has 0 saturated heterocycles. The predicted octanol–water partition coefficient (Wildman–Crippen LogP) is 0.920. The van der Waals surface area contributed by atoms with Gasteiger partial charge in [0.15, 0.2) is 0 Å². The molecule has 1 aliphatic rings. The molecule has 1 fully saturated rings. The first-order valence-corrected chi connectivity index (χ1v) is 4.37. The monoisotopic (exact) mass is 187 g/mol. The summed E-state index contributed by atoms with van der Waals surface area (Å²) in [6.45, 7) is 0. The van der Waals surface area contributed by atoms with Crippen LogP contribution in [0.2, 0.25) is 0 Å². The average Bonchev–Trinajstić information content (AvgIpc) is 3.01. The van der Waals surface area contributed by atoms with Crippen molar-refractivity contribution in [1.29, 1.82) is 10.7 Å². The van der Waals surface area contributed by atoms with Crippen molar-refractivity contribution in [2.75, 3.05) is 5.32 Å². The standard InChI is InChI=1S/C9H9N5/c10-3-6-5-12-8(4-11)14-9(6)13-7-1-2-7/h3,5,7,10H,1-2H2,(H,12,13,14). The first-order valence-electron chi connectivity index (χ1n) is 4.37. The highest BCUT2D eigenvalue weighted by Crippen LogP contribution is 2.24. The molecule has 0 bridgehead atoms. The van der Waals surface area contributed by atoms with Crippen LogP contribution in [0.3, 0.4) is 0 Å². The van der Waals surface area contributed by atoms with Crippen LogP contribution in [0.15, 0.2) is 6.20 Å². The van der Waals surface area contributed by atoms with Crippen molar-refractivity contribution in [3.63, 3.8) is 0 Å². The summed E-state index contributed by atoms with van der Waals surface area (Å²) in [5, 5.41) is 18.9. The lowest BCUT2D eigenvalue weighted by Gasteiger charge is -2.05. The number of aromatic nitrogens is 2. The van der Waals surface area contributed by atoms with Gasteiger partial charge in [-0.3, -0.25) is 0 Å². The lowest BCUT2D eigenvalue weighted by Crippen LogP contribution is -2.08. The molecule has 5 heteroatoms. The predicted molar refractivity (Wildman–Crippen MR) is 51.3 cm³/mol. The molecular weight excluding hydrogens is 178 g/mol. The van der Waals surface area contributed by atoms with Crippen LogP contribution in [0.1, 0.15) is 24.2 Å². The molecule has 0 aliphatic heterocycles. The highest BCUT2D eigenvalue weighted by Gasteiger charge is 2.22. The maximum atomic E-state index is 8.62. The fourth-order valence-corrected chi connectivity index (χ4v) is 1.09. The maximum Gasteiger partial charge on any atom is 0.234 e. The number of nitriles is 1. The maximum absolute atomic E-state index is 8.62. The Morgan fingerprint density at radius 2 is 2.43 bits per heavy atom. The van der Waals surface area contributed by atoms with Crippen molar-refractivity contribution >= 4 is 12.0 Å². The molecule has 0 aromatic carbocycles. The minimum Gasteiger partial charge on any atom is -0.367 e. The van der Waals surface area contributed by atoms with E-state index in [0.717, 1.165) is 12.8 Å². The second-order valence-electron chi connectivity index (χ2n) is 3.17. The number of nitrogens with zero attached hydrogens (tertiary/aromatic N) is 3. The summed E-state index contributed by atoms with van der Waals surface area (Å²) in [5.41, 5.74) is 0.621. The van der Waals surface area contributed by atoms with E-state index in [-0.39, 0.29) is 5.82 Å². The van der Waals surface area contributed by atoms with E-state index in [2.05, 4.69) is 15.3 Å². The Balaban J connectivity index is 2.31. The molecular formula is C9H9N5. The molecule has 2 rings (SSSR count). The number of nitrogens with one attached hydrogen (secondary N) is 2. The Bertz CT molecular complexity index is 402. The van der Waals surface area contributed by atoms with Crippen LogP contribution < -0.4 is 5.32 Å². The van der Waals surface area contributed by atoms with Gasteiger partial charge >= 0.3 is 0 Å². The molecule has 70 valence electrons. The van der Waals surface area contributed by atoms with Crippen LogP contribution in [0.4, 0.5) is 5.82 Å². The fraction of sp³-hybridized carbons (Fsp3) is 0.333. The van der Waals surface area contributed by atoms with Crippen molar-refractivity contribution in [3.8, 4) is 6.07 Å². The SMILES string of the molecule is N#Cc1ncc(C=N)c(NC2CC2)n1. The third kappa shape index (κ3) is 1.69. The summed E-state index contributed by atoms with van der Waals surface area (Å²) < 4.78 is 0. The number of hydrogen-bond acceptors (Lipinski definition) is 5. The van der Waals surface area contributed by atoms with Gasteiger partial charge in [0.1, 0.15) is 11.9 Å². The van der Waals surface area contributed by atoms with Gasteiger partial charge in [0, 0.05) is 18.5 Å². The highest BCUT2D eigenvalue weighted by atomic mass is 15.1. The summed E-state index contributed by atoms with van der Waals surface area (Å²) in [7, 11) is 0. The van der Waals surface area contributed by atoms with E-state index < -0.39 is 0 Å². The second-order valence-corrected chi connectivity index (χ2v) is 3.17. The molecule has 1 saturated carbocycles. The van der Waals surface area contributed by atoms with Crippen LogP contribution in [0, 0.1) is 16.7 Å². The van der Waals surface area contributed by atoms with Crippen LogP contribution in [0.25, 0.3) is 0 Å². The van der Waals surface area contributed by atoms with Gasteiger partial charge in [-0.05, 0) is 12.8 Å². The van der Waals surface area contributed by atoms with Crippen molar-refractivity contribution in [2.45, 2.75) is 18.9 Å². The van der Waals surface area contributed by atoms with Gasteiger partial charge in [-0.1, -0.05) is 0 Å². The first kappa shape index (κ1) is 8.63. The van der Waals surface area contributed by atoms with Gasteiger partial charge in [0.2, 0.25) is 5.82 Å². The number of rotatable bonds is 3. The molecule has 0 spiro atoms. The van der Waals surface area contributed by atoms with E-state index in [1.54, 1.807) is 0 Å². The highest BCUT2D eigenvalue weighted by molar-refractivity contribution is 5.83. The first-order chi connectivity index (χ1) is 6.83. The topological polar surface area (TPSA) is 85.5 Å². The number of anilines is 1. The lowest BCUT2D eigenvalue weighted by molar-refractivity contribution is 1.05. The van der Waals surface area contributed by atoms with Gasteiger partial charge in [-0.15, -0.1) is 0 Å². The molecule has 14 heavy (non-hydrogen) atoms. The normalized spacial score (nSPS) is 14.5. The van der Waals surface area contributed by atoms with Gasteiger partial charge in [-0.2, -0.15) is 5.26 Å². The smallest absolute Gasteiger partial charge is 0.234 e. The Kier molecular flexibility index (Phi) is 2.11. The van der Waals surface area contributed by atoms with Crippen molar-refractivity contribution < 1.29 is 0 Å². The summed E-state index contributed by atoms with van der Waals surface area (Å²) in [6, 6.07) is 2.33. The van der Waals surface area contributed by atoms with E-state index in [1.165, 1.54) is 12.4 Å². The average molecular weight is 187 g/mol. The van der Waals surface area contributed by atoms with Crippen LogP contribution in [-0.4, -0.2) is 22.2 Å². The van der Waals surface area contributed by atoms with E-state index in [4.69, 9.17) is 10.7 Å². The molecule has 2 N–H and O–H groups in total. The molecule has 0 amide bonds. The fourth-order valence-electron chi connectivity index (χ4n) is 1.09. The van der Waals surface area contributed by atoms with Gasteiger partial charge in [0.05, 0.1) is 5.56 Å². The molecule has 0 radical (unpaired) electrons. The van der Waals surface area contributed by atoms with E-state index in [0.29, 0.717) is 17.4 Å². The van der Waals surface area contributed by atoms with E-state index >= 15 is 0 Å². The van der Waals surface area contributed by atoms with Crippen LogP contribution in [-0.2, 0) is 0 Å². The third-order valence-electron chi connectivity index (χ3n) is 1.99. The lowest BCUT2D eigenvalue weighted by atomic mass is 10.3. The van der Waals surface area contributed by atoms with E-state index in [9.17, 15) is 0 Å². The quantitative estimate of drug-likeness (QED) is 0.689. The molecule has 5 nitrogen and oxygen atoms in total. The Morgan fingerprint density at radius 3 is 3.00 bits per heavy atom. The van der Waals surface area contributed by atoms with Crippen molar-refractivity contribution in [1.82, 2.24) is 9.97 Å². The second kappa shape index (κ2) is 3.42. The molecule has 1 aromatic rings. The zero-order chi connectivity index (χ0) is 9.97. The zero-order valence-corrected chi connectivity index (χ0v) is 7.49. The van der Waals surface area contributed by atoms with E-state index in [1.807, 2.05) is 6.07 Å². The minimum atomic E-state index is 0.138.